The fraction of sp³-hybridized carbons (Fsp3) is 0.0323. The molecule has 11 aromatic rings. The molecule has 0 saturated carbocycles. The van der Waals surface area contributed by atoms with Crippen molar-refractivity contribution in [1.29, 1.82) is 0 Å². The highest BCUT2D eigenvalue weighted by Crippen LogP contribution is 2.49. The molecule has 1 aromatic heterocycles. The van der Waals surface area contributed by atoms with E-state index in [0.29, 0.717) is 5.92 Å². The topological polar surface area (TPSA) is 14.7 Å². The first-order chi connectivity index (χ1) is 32.8. The highest BCUT2D eigenvalue weighted by molar-refractivity contribution is 6.09. The molecule has 312 valence electrons. The molecule has 0 amide bonds. The molecule has 0 bridgehead atoms. The normalized spacial score (nSPS) is 15.1. The Morgan fingerprint density at radius 3 is 1.42 bits per heavy atom. The summed E-state index contributed by atoms with van der Waals surface area (Å²) in [4.78, 5) is 7.34. The van der Waals surface area contributed by atoms with E-state index in [9.17, 15) is 0 Å². The minimum Gasteiger partial charge on any atom is -0.333 e. The van der Waals surface area contributed by atoms with E-state index >= 15 is 0 Å². The van der Waals surface area contributed by atoms with Crippen molar-refractivity contribution >= 4 is 88.8 Å². The molecule has 4 heteroatoms. The van der Waals surface area contributed by atoms with Crippen LogP contribution in [0.25, 0.3) is 49.0 Å². The number of rotatable bonds is 8. The molecule has 1 aliphatic carbocycles. The Morgan fingerprint density at radius 2 is 0.818 bits per heavy atom. The van der Waals surface area contributed by atoms with Gasteiger partial charge in [-0.05, 0) is 113 Å². The maximum atomic E-state index is 2.50. The summed E-state index contributed by atoms with van der Waals surface area (Å²) in [6.07, 6.45) is 9.05. The van der Waals surface area contributed by atoms with Crippen molar-refractivity contribution in [3.63, 3.8) is 0 Å². The van der Waals surface area contributed by atoms with Crippen LogP contribution in [-0.2, 0) is 0 Å². The average Bonchev–Trinajstić information content (AvgIpc) is 3.90. The molecule has 10 aromatic carbocycles. The van der Waals surface area contributed by atoms with Gasteiger partial charge in [0.25, 0.3) is 0 Å². The predicted molar refractivity (Wildman–Crippen MR) is 279 cm³/mol. The van der Waals surface area contributed by atoms with Crippen molar-refractivity contribution in [3.05, 3.63) is 260 Å². The van der Waals surface area contributed by atoms with Crippen LogP contribution < -0.4 is 14.7 Å². The molecule has 2 heterocycles. The maximum absolute atomic E-state index is 2.50. The number of hydrogen-bond acceptors (Lipinski definition) is 3. The van der Waals surface area contributed by atoms with E-state index in [1.807, 2.05) is 0 Å². The van der Waals surface area contributed by atoms with Crippen LogP contribution in [0.5, 0.6) is 0 Å². The Kier molecular flexibility index (Phi) is 8.95. The van der Waals surface area contributed by atoms with Gasteiger partial charge < -0.3 is 19.3 Å². The highest BCUT2D eigenvalue weighted by Gasteiger charge is 2.37. The molecule has 13 rings (SSSR count). The zero-order valence-corrected chi connectivity index (χ0v) is 36.2. The van der Waals surface area contributed by atoms with Gasteiger partial charge in [-0.25, -0.2) is 0 Å². The smallest absolute Gasteiger partial charge is 0.0629 e. The summed E-state index contributed by atoms with van der Waals surface area (Å²) in [5, 5.41) is 7.28. The molecule has 66 heavy (non-hydrogen) atoms. The van der Waals surface area contributed by atoms with Crippen LogP contribution in [0.4, 0.5) is 45.5 Å². The monoisotopic (exact) mass is 844 g/mol. The van der Waals surface area contributed by atoms with Crippen molar-refractivity contribution in [1.82, 2.24) is 4.57 Å². The Balaban J connectivity index is 0.958. The van der Waals surface area contributed by atoms with Crippen LogP contribution in [0.2, 0.25) is 0 Å². The van der Waals surface area contributed by atoms with E-state index in [2.05, 4.69) is 274 Å². The summed E-state index contributed by atoms with van der Waals surface area (Å²) in [6, 6.07) is 84.4. The molecule has 2 unspecified atom stereocenters. The van der Waals surface area contributed by atoms with E-state index in [4.69, 9.17) is 0 Å². The first-order valence-corrected chi connectivity index (χ1v) is 22.8. The summed E-state index contributed by atoms with van der Waals surface area (Å²) < 4.78 is 2.38. The first kappa shape index (κ1) is 37.9. The second kappa shape index (κ2) is 15.6. The average molecular weight is 845 g/mol. The molecule has 0 fully saturated rings. The standard InChI is InChI=1S/C62H44N4/c1-3-22-51-43(16-1)18-13-32-57(51)63(45-34-38-47(39-35-45)65-59-28-9-5-24-53(59)54-25-6-10-29-60(54)65)49-20-15-21-50(42-49)64(58-33-14-19-44-17-2-4-23-52(44)58)46-36-40-48(41-37-46)66-61-30-11-7-26-55(61)56-27-8-12-31-62(56)66/h1-42,53,59H. The fourth-order valence-corrected chi connectivity index (χ4v) is 10.7. The van der Waals surface area contributed by atoms with Gasteiger partial charge >= 0.3 is 0 Å². The van der Waals surface area contributed by atoms with E-state index < -0.39 is 0 Å². The number of nitrogens with zero attached hydrogens (tertiary/aromatic N) is 4. The van der Waals surface area contributed by atoms with Crippen LogP contribution >= 0.6 is 0 Å². The first-order valence-electron chi connectivity index (χ1n) is 22.8. The third kappa shape index (κ3) is 6.14. The molecular formula is C62H44N4. The quantitative estimate of drug-likeness (QED) is 0.151. The fourth-order valence-electron chi connectivity index (χ4n) is 10.7. The van der Waals surface area contributed by atoms with Crippen molar-refractivity contribution in [2.24, 2.45) is 0 Å². The van der Waals surface area contributed by atoms with Crippen LogP contribution in [0.15, 0.2) is 255 Å². The Hall–Kier alpha value is -8.60. The molecule has 0 N–H and O–H groups in total. The van der Waals surface area contributed by atoms with Crippen LogP contribution in [-0.4, -0.2) is 10.6 Å². The minimum atomic E-state index is 0.236. The van der Waals surface area contributed by atoms with Crippen LogP contribution in [0.1, 0.15) is 11.5 Å². The molecule has 2 aliphatic rings. The van der Waals surface area contributed by atoms with E-state index in [1.165, 1.54) is 60.3 Å². The Morgan fingerprint density at radius 1 is 0.348 bits per heavy atom. The van der Waals surface area contributed by atoms with Crippen LogP contribution in [0.3, 0.4) is 0 Å². The second-order valence-corrected chi connectivity index (χ2v) is 17.3. The van der Waals surface area contributed by atoms with Gasteiger partial charge in [0.2, 0.25) is 0 Å². The highest BCUT2D eigenvalue weighted by atomic mass is 15.2. The zero-order valence-electron chi connectivity index (χ0n) is 36.2. The molecular weight excluding hydrogens is 801 g/mol. The van der Waals surface area contributed by atoms with Crippen molar-refractivity contribution in [3.8, 4) is 5.69 Å². The lowest BCUT2D eigenvalue weighted by molar-refractivity contribution is 0.745. The van der Waals surface area contributed by atoms with E-state index in [0.717, 1.165) is 39.8 Å². The largest absolute Gasteiger partial charge is 0.333 e. The van der Waals surface area contributed by atoms with Gasteiger partial charge in [-0.2, -0.15) is 0 Å². The van der Waals surface area contributed by atoms with E-state index in [1.54, 1.807) is 0 Å². The molecule has 4 nitrogen and oxygen atoms in total. The Labute approximate surface area is 384 Å². The van der Waals surface area contributed by atoms with Gasteiger partial charge in [-0.1, -0.05) is 158 Å². The van der Waals surface area contributed by atoms with Crippen molar-refractivity contribution < 1.29 is 0 Å². The lowest BCUT2D eigenvalue weighted by Crippen LogP contribution is -2.28. The number of para-hydroxylation sites is 3. The van der Waals surface area contributed by atoms with Gasteiger partial charge in [0.1, 0.15) is 0 Å². The summed E-state index contributed by atoms with van der Waals surface area (Å²) >= 11 is 0. The number of hydrogen-bond donors (Lipinski definition) is 0. The Bertz CT molecular complexity index is 3630. The summed E-state index contributed by atoms with van der Waals surface area (Å²) in [5.41, 5.74) is 13.9. The van der Waals surface area contributed by atoms with Gasteiger partial charge in [0.05, 0.1) is 28.5 Å². The molecule has 0 radical (unpaired) electrons. The third-order valence-corrected chi connectivity index (χ3v) is 13.7. The molecule has 0 saturated heterocycles. The number of fused-ring (bicyclic) bond motifs is 8. The number of aromatic nitrogens is 1. The predicted octanol–water partition coefficient (Wildman–Crippen LogP) is 16.8. The van der Waals surface area contributed by atoms with Gasteiger partial charge in [-0.3, -0.25) is 0 Å². The molecule has 0 spiro atoms. The van der Waals surface area contributed by atoms with Crippen LogP contribution in [0, 0.1) is 0 Å². The third-order valence-electron chi connectivity index (χ3n) is 13.7. The van der Waals surface area contributed by atoms with Gasteiger partial charge in [0, 0.05) is 67.3 Å². The summed E-state index contributed by atoms with van der Waals surface area (Å²) in [7, 11) is 0. The van der Waals surface area contributed by atoms with E-state index in [-0.39, 0.29) is 6.04 Å². The summed E-state index contributed by atoms with van der Waals surface area (Å²) in [5.74, 6) is 0.329. The minimum absolute atomic E-state index is 0.236. The van der Waals surface area contributed by atoms with Gasteiger partial charge in [0.15, 0.2) is 0 Å². The molecule has 1 aliphatic heterocycles. The SMILES string of the molecule is C1=CC2c3ccccc3N(c3ccc(N(c4cccc(N(c5ccc(-n6c7ccccc7c7ccccc76)cc5)c5cccc6ccccc56)c4)c4cccc5ccccc45)cc3)C2C=C1. The molecule has 2 atom stereocenters. The maximum Gasteiger partial charge on any atom is 0.0629 e. The van der Waals surface area contributed by atoms with Gasteiger partial charge in [-0.15, -0.1) is 0 Å². The van der Waals surface area contributed by atoms with Crippen molar-refractivity contribution in [2.45, 2.75) is 12.0 Å². The number of allylic oxidation sites excluding steroid dienone is 2. The number of benzene rings is 10. The second-order valence-electron chi connectivity index (χ2n) is 17.3. The number of anilines is 8. The summed E-state index contributed by atoms with van der Waals surface area (Å²) in [6.45, 7) is 0. The lowest BCUT2D eigenvalue weighted by atomic mass is 9.91. The lowest BCUT2D eigenvalue weighted by Gasteiger charge is -2.31. The van der Waals surface area contributed by atoms with Crippen molar-refractivity contribution in [2.75, 3.05) is 14.7 Å². The zero-order chi connectivity index (χ0) is 43.6.